The van der Waals surface area contributed by atoms with Gasteiger partial charge in [0.05, 0.1) is 5.56 Å². The summed E-state index contributed by atoms with van der Waals surface area (Å²) in [6.45, 7) is 11.2. The van der Waals surface area contributed by atoms with Crippen LogP contribution in [-0.4, -0.2) is 24.8 Å². The Balaban J connectivity index is 2.94. The first-order chi connectivity index (χ1) is 10.5. The molecule has 0 N–H and O–H groups in total. The molecule has 5 nitrogen and oxygen atoms in total. The second-order valence-corrected chi connectivity index (χ2v) is 7.38. The number of ether oxygens (including phenoxy) is 1. The number of oxime groups is 1. The van der Waals surface area contributed by atoms with Crippen molar-refractivity contribution < 1.29 is 19.2 Å². The van der Waals surface area contributed by atoms with E-state index in [9.17, 15) is 9.59 Å². The lowest BCUT2D eigenvalue weighted by Gasteiger charge is -2.19. The van der Waals surface area contributed by atoms with Gasteiger partial charge in [0.25, 0.3) is 0 Å². The number of carbonyl (C=O) groups is 2. The monoisotopic (exact) mass is 319 g/mol. The molecule has 0 aliphatic carbocycles. The molecule has 0 aliphatic rings. The van der Waals surface area contributed by atoms with Gasteiger partial charge in [-0.05, 0) is 12.1 Å². The van der Waals surface area contributed by atoms with E-state index in [1.807, 2.05) is 41.5 Å². The van der Waals surface area contributed by atoms with Gasteiger partial charge < -0.3 is 9.57 Å². The average Bonchev–Trinajstić information content (AvgIpc) is 2.44. The summed E-state index contributed by atoms with van der Waals surface area (Å²) in [6.07, 6.45) is 0. The quantitative estimate of drug-likeness (QED) is 0.277. The van der Waals surface area contributed by atoms with Crippen molar-refractivity contribution >= 4 is 17.7 Å². The molecule has 0 radical (unpaired) electrons. The largest absolute Gasteiger partial charge is 0.404 e. The third kappa shape index (κ3) is 5.20. The fraction of sp³-hybridized carbons (Fsp3) is 0.500. The first-order valence-corrected chi connectivity index (χ1v) is 7.45. The van der Waals surface area contributed by atoms with Gasteiger partial charge in [-0.1, -0.05) is 58.8 Å². The maximum atomic E-state index is 12.2. The van der Waals surface area contributed by atoms with Crippen molar-refractivity contribution in [2.75, 3.05) is 7.11 Å². The van der Waals surface area contributed by atoms with E-state index >= 15 is 0 Å². The maximum absolute atomic E-state index is 12.2. The number of rotatable bonds is 3. The lowest BCUT2D eigenvalue weighted by atomic mass is 9.86. The first kappa shape index (κ1) is 18.9. The number of esters is 1. The molecule has 0 heterocycles. The minimum Gasteiger partial charge on any atom is -0.404 e. The molecule has 1 aromatic carbocycles. The van der Waals surface area contributed by atoms with Crippen LogP contribution in [0.5, 0.6) is 0 Å². The van der Waals surface area contributed by atoms with Gasteiger partial charge in [0.1, 0.15) is 7.11 Å². The summed E-state index contributed by atoms with van der Waals surface area (Å²) in [4.78, 5) is 29.1. The highest BCUT2D eigenvalue weighted by Gasteiger charge is 2.26. The van der Waals surface area contributed by atoms with Crippen molar-refractivity contribution in [2.45, 2.75) is 41.5 Å². The predicted octanol–water partition coefficient (Wildman–Crippen LogP) is 4.08. The normalized spacial score (nSPS) is 12.7. The van der Waals surface area contributed by atoms with E-state index in [4.69, 9.17) is 9.57 Å². The molecule has 0 atom stereocenters. The van der Waals surface area contributed by atoms with E-state index in [1.54, 1.807) is 24.3 Å². The lowest BCUT2D eigenvalue weighted by molar-refractivity contribution is 0.0673. The minimum atomic E-state index is -0.537. The number of carbonyl (C=O) groups excluding carboxylic acids is 2. The van der Waals surface area contributed by atoms with E-state index in [0.29, 0.717) is 11.1 Å². The smallest absolute Gasteiger partial charge is 0.344 e. The highest BCUT2D eigenvalue weighted by molar-refractivity contribution is 6.02. The van der Waals surface area contributed by atoms with Crippen molar-refractivity contribution in [3.8, 4) is 0 Å². The van der Waals surface area contributed by atoms with Crippen molar-refractivity contribution in [2.24, 2.45) is 16.0 Å². The Morgan fingerprint density at radius 2 is 1.35 bits per heavy atom. The molecule has 0 saturated heterocycles. The summed E-state index contributed by atoms with van der Waals surface area (Å²) in [5, 5.41) is 3.76. The first-order valence-electron chi connectivity index (χ1n) is 7.45. The zero-order valence-corrected chi connectivity index (χ0v) is 14.9. The minimum absolute atomic E-state index is 0.0220. The predicted molar refractivity (Wildman–Crippen MR) is 89.5 cm³/mol. The van der Waals surface area contributed by atoms with Gasteiger partial charge in [0.15, 0.2) is 5.78 Å². The van der Waals surface area contributed by atoms with Crippen LogP contribution in [0.3, 0.4) is 0 Å². The van der Waals surface area contributed by atoms with E-state index in [-0.39, 0.29) is 11.7 Å². The molecule has 0 saturated carbocycles. The van der Waals surface area contributed by atoms with Gasteiger partial charge in [-0.25, -0.2) is 4.79 Å². The van der Waals surface area contributed by atoms with Crippen molar-refractivity contribution in [1.29, 1.82) is 0 Å². The molecular weight excluding hydrogens is 294 g/mol. The maximum Gasteiger partial charge on any atom is 0.344 e. The molecule has 0 amide bonds. The van der Waals surface area contributed by atoms with E-state index in [0.717, 1.165) is 0 Å². The molecule has 0 spiro atoms. The lowest BCUT2D eigenvalue weighted by Crippen LogP contribution is -2.26. The Hall–Kier alpha value is -2.17. The van der Waals surface area contributed by atoms with Crippen LogP contribution in [0.1, 0.15) is 62.3 Å². The van der Waals surface area contributed by atoms with Crippen LogP contribution in [0.15, 0.2) is 29.4 Å². The van der Waals surface area contributed by atoms with Gasteiger partial charge in [0.2, 0.25) is 5.90 Å². The Bertz CT molecular complexity index is 601. The summed E-state index contributed by atoms with van der Waals surface area (Å²) in [7, 11) is 1.40. The summed E-state index contributed by atoms with van der Waals surface area (Å²) in [5.74, 6) is -0.320. The number of Topliss-reactive ketones (excluding diaryl/α,β-unsaturated/α-hetero) is 1. The summed E-state index contributed by atoms with van der Waals surface area (Å²) >= 11 is 0. The molecule has 0 bridgehead atoms. The van der Waals surface area contributed by atoms with Gasteiger partial charge in [-0.15, -0.1) is 0 Å². The van der Waals surface area contributed by atoms with Crippen LogP contribution in [0.4, 0.5) is 0 Å². The topological polar surface area (TPSA) is 65.0 Å². The number of ketones is 1. The number of benzene rings is 1. The number of hydrogen-bond acceptors (Lipinski definition) is 5. The zero-order valence-electron chi connectivity index (χ0n) is 14.9. The Labute approximate surface area is 137 Å². The van der Waals surface area contributed by atoms with Crippen LogP contribution in [0.2, 0.25) is 0 Å². The number of hydrogen-bond donors (Lipinski definition) is 0. The SMILES string of the molecule is CON=C(OC(=O)c1ccc(C(=O)C(C)(C)C)cc1)C(C)(C)C. The van der Waals surface area contributed by atoms with E-state index < -0.39 is 16.8 Å². The zero-order chi connectivity index (χ0) is 17.8. The van der Waals surface area contributed by atoms with Crippen LogP contribution in [0.25, 0.3) is 0 Å². The molecule has 5 heteroatoms. The average molecular weight is 319 g/mol. The third-order valence-corrected chi connectivity index (χ3v) is 3.07. The van der Waals surface area contributed by atoms with E-state index in [2.05, 4.69) is 5.16 Å². The fourth-order valence-electron chi connectivity index (χ4n) is 1.73. The molecule has 0 aliphatic heterocycles. The molecule has 126 valence electrons. The van der Waals surface area contributed by atoms with Gasteiger partial charge in [0, 0.05) is 16.4 Å². The highest BCUT2D eigenvalue weighted by atomic mass is 16.6. The third-order valence-electron chi connectivity index (χ3n) is 3.07. The molecule has 0 unspecified atom stereocenters. The molecule has 0 fully saturated rings. The fourth-order valence-corrected chi connectivity index (χ4v) is 1.73. The van der Waals surface area contributed by atoms with Crippen LogP contribution in [0, 0.1) is 10.8 Å². The Morgan fingerprint density at radius 3 is 1.74 bits per heavy atom. The second kappa shape index (κ2) is 6.94. The van der Waals surface area contributed by atoms with Gasteiger partial charge >= 0.3 is 5.97 Å². The number of nitrogens with zero attached hydrogens (tertiary/aromatic N) is 1. The van der Waals surface area contributed by atoms with Crippen molar-refractivity contribution in [3.63, 3.8) is 0 Å². The van der Waals surface area contributed by atoms with Crippen LogP contribution < -0.4 is 0 Å². The van der Waals surface area contributed by atoms with Gasteiger partial charge in [-0.2, -0.15) is 0 Å². The van der Waals surface area contributed by atoms with Crippen molar-refractivity contribution in [3.05, 3.63) is 35.4 Å². The summed E-state index contributed by atoms with van der Waals surface area (Å²) < 4.78 is 5.31. The van der Waals surface area contributed by atoms with Crippen LogP contribution in [-0.2, 0) is 9.57 Å². The molecule has 23 heavy (non-hydrogen) atoms. The molecule has 0 aromatic heterocycles. The Kier molecular flexibility index (Phi) is 5.70. The molecule has 1 rings (SSSR count). The summed E-state index contributed by atoms with van der Waals surface area (Å²) in [5.41, 5.74) is -0.0143. The van der Waals surface area contributed by atoms with E-state index in [1.165, 1.54) is 7.11 Å². The Morgan fingerprint density at radius 1 is 0.870 bits per heavy atom. The molecular formula is C18H25NO4. The second-order valence-electron chi connectivity index (χ2n) is 7.38. The molecule has 1 aromatic rings. The van der Waals surface area contributed by atoms with Crippen molar-refractivity contribution in [1.82, 2.24) is 0 Å². The highest BCUT2D eigenvalue weighted by Crippen LogP contribution is 2.22. The van der Waals surface area contributed by atoms with Gasteiger partial charge in [-0.3, -0.25) is 4.79 Å². The van der Waals surface area contributed by atoms with Crippen LogP contribution >= 0.6 is 0 Å². The summed E-state index contributed by atoms with van der Waals surface area (Å²) in [6, 6.07) is 6.42. The standard InChI is InChI=1S/C18H25NO4/c1-17(2,3)14(20)12-8-10-13(11-9-12)15(21)23-16(19-22-7)18(4,5)6/h8-11H,1-7H3.